The molecule has 8 bridgehead atoms. The molecule has 7 heteroatoms. The maximum absolute atomic E-state index is 13.3. The van der Waals surface area contributed by atoms with Crippen LogP contribution in [0.15, 0.2) is 169 Å². The molecule has 0 fully saturated rings. The molecule has 0 saturated heterocycles. The van der Waals surface area contributed by atoms with Crippen molar-refractivity contribution in [1.82, 2.24) is 15.0 Å². The molecule has 0 saturated carbocycles. The molecule has 6 heterocycles. The quantitative estimate of drug-likeness (QED) is 0.138. The molecule has 1 atom stereocenters. The molecule has 8 aromatic rings. The smallest absolute Gasteiger partial charge is 0.339 e. The van der Waals surface area contributed by atoms with Gasteiger partial charge in [-0.3, -0.25) is 4.99 Å². The lowest BCUT2D eigenvalue weighted by Gasteiger charge is -2.39. The van der Waals surface area contributed by atoms with Crippen molar-refractivity contribution >= 4 is 34.0 Å². The van der Waals surface area contributed by atoms with Gasteiger partial charge in [-0.1, -0.05) is 165 Å². The van der Waals surface area contributed by atoms with Gasteiger partial charge in [0.05, 0.1) is 11.8 Å². The monoisotopic (exact) mass is 904 g/mol. The Morgan fingerprint density at radius 3 is 1.58 bits per heavy atom. The van der Waals surface area contributed by atoms with Gasteiger partial charge in [-0.25, -0.2) is 4.79 Å². The Balaban J connectivity index is 1.27. The van der Waals surface area contributed by atoms with E-state index in [0.29, 0.717) is 11.5 Å². The van der Waals surface area contributed by atoms with Crippen LogP contribution < -0.4 is 26.1 Å². The van der Waals surface area contributed by atoms with Crippen molar-refractivity contribution in [1.29, 1.82) is 0 Å². The highest BCUT2D eigenvalue weighted by atomic mass is 16.5. The van der Waals surface area contributed by atoms with Gasteiger partial charge in [-0.2, -0.15) is 0 Å². The summed E-state index contributed by atoms with van der Waals surface area (Å²) in [5.74, 6) is -0.0296. The highest BCUT2D eigenvalue weighted by Gasteiger charge is 2.41. The second-order valence-electron chi connectivity index (χ2n) is 21.1. The second kappa shape index (κ2) is 16.1. The number of fused-ring (bicyclic) bond motifs is 9. The molecule has 342 valence electrons. The van der Waals surface area contributed by atoms with E-state index in [0.717, 1.165) is 105 Å². The highest BCUT2D eigenvalue weighted by Crippen LogP contribution is 2.54. The van der Waals surface area contributed by atoms with Crippen LogP contribution in [0.1, 0.15) is 122 Å². The topological polar surface area (TPSA) is 106 Å². The number of H-pyrrole nitrogens is 3. The number of allylic oxidation sites excluding steroid dienone is 1. The molecular formula is C62H56N4O3. The molecule has 0 amide bonds. The van der Waals surface area contributed by atoms with Gasteiger partial charge in [-0.05, 0) is 93.3 Å². The first-order chi connectivity index (χ1) is 33.0. The standard InChI is InChI=1S/C62H56N4O3/c1-60(2,3)39-32-41(57-43(34-39)62(7,8)44-35-40(61(4,5)6)33-42(59(67)68)58(44)69-57)56-51-30-28-49(65-51)54(37-20-14-10-15-21-37)47-26-24-45(63-47)53(36-18-12-9-13-19-36)46-25-27-48(64-46)55(38-22-16-11-17-23-38)50-29-31-52(56)66-50/h9-35,49,63-64,66H,1-8H3,(H,67,68)/b53-45-,54-47-,55-50-,56-52-. The van der Waals surface area contributed by atoms with Gasteiger partial charge < -0.3 is 24.8 Å². The van der Waals surface area contributed by atoms with Crippen molar-refractivity contribution in [3.05, 3.63) is 247 Å². The van der Waals surface area contributed by atoms with E-state index in [1.165, 1.54) is 0 Å². The molecule has 5 aromatic carbocycles. The lowest BCUT2D eigenvalue weighted by molar-refractivity contribution is 0.0693. The fourth-order valence-electron chi connectivity index (χ4n) is 10.3. The van der Waals surface area contributed by atoms with Gasteiger partial charge in [0.2, 0.25) is 0 Å². The normalized spacial score (nSPS) is 19.4. The van der Waals surface area contributed by atoms with Crippen LogP contribution in [0.5, 0.6) is 11.5 Å². The summed E-state index contributed by atoms with van der Waals surface area (Å²) in [4.78, 5) is 30.7. The number of aromatic carboxylic acids is 1. The maximum atomic E-state index is 13.3. The summed E-state index contributed by atoms with van der Waals surface area (Å²) in [6.07, 6.45) is 4.33. The molecule has 3 aliphatic heterocycles. The molecule has 7 nitrogen and oxygen atoms in total. The van der Waals surface area contributed by atoms with E-state index in [1.54, 1.807) is 6.07 Å². The number of nitrogens with zero attached hydrogens (tertiary/aromatic N) is 1. The molecule has 3 aromatic heterocycles. The lowest BCUT2D eigenvalue weighted by atomic mass is 9.70. The van der Waals surface area contributed by atoms with E-state index in [4.69, 9.17) is 9.73 Å². The average molecular weight is 905 g/mol. The van der Waals surface area contributed by atoms with Crippen molar-refractivity contribution in [2.45, 2.75) is 77.7 Å². The van der Waals surface area contributed by atoms with Crippen molar-refractivity contribution in [3.8, 4) is 11.5 Å². The number of nitrogens with one attached hydrogen (secondary N) is 3. The number of carboxylic acid groups (broad SMARTS) is 1. The van der Waals surface area contributed by atoms with Gasteiger partial charge in [0.25, 0.3) is 0 Å². The van der Waals surface area contributed by atoms with Crippen molar-refractivity contribution in [2.75, 3.05) is 0 Å². The molecule has 0 aliphatic carbocycles. The summed E-state index contributed by atoms with van der Waals surface area (Å²) in [6, 6.07) is 52.6. The van der Waals surface area contributed by atoms with Gasteiger partial charge >= 0.3 is 5.97 Å². The summed E-state index contributed by atoms with van der Waals surface area (Å²) in [5.41, 5.74) is 13.6. The van der Waals surface area contributed by atoms with Crippen molar-refractivity contribution in [2.24, 2.45) is 4.99 Å². The molecule has 0 radical (unpaired) electrons. The number of hydrogen-bond donors (Lipinski definition) is 4. The zero-order chi connectivity index (χ0) is 48.0. The Labute approximate surface area is 402 Å². The number of aliphatic imine (C=N–C) groups is 1. The minimum atomic E-state index is -1.02. The first-order valence-electron chi connectivity index (χ1n) is 23.8. The van der Waals surface area contributed by atoms with Crippen LogP contribution in [0.25, 0.3) is 22.3 Å². The van der Waals surface area contributed by atoms with E-state index < -0.39 is 11.4 Å². The number of aromatic amines is 3. The Morgan fingerprint density at radius 1 is 0.565 bits per heavy atom. The molecular weight excluding hydrogens is 849 g/mol. The molecule has 69 heavy (non-hydrogen) atoms. The predicted molar refractivity (Wildman–Crippen MR) is 278 cm³/mol. The largest absolute Gasteiger partial charge is 0.478 e. The predicted octanol–water partition coefficient (Wildman–Crippen LogP) is 10.7. The number of benzene rings is 5. The first-order valence-corrected chi connectivity index (χ1v) is 23.8. The third-order valence-corrected chi connectivity index (χ3v) is 14.1. The van der Waals surface area contributed by atoms with Gasteiger partial charge in [-0.15, -0.1) is 0 Å². The molecule has 1 unspecified atom stereocenters. The molecule has 4 N–H and O–H groups in total. The summed E-state index contributed by atoms with van der Waals surface area (Å²) in [5, 5.41) is 14.6. The van der Waals surface area contributed by atoms with Crippen LogP contribution in [-0.2, 0) is 16.2 Å². The zero-order valence-electron chi connectivity index (χ0n) is 40.4. The number of carbonyl (C=O) groups is 1. The molecule has 11 rings (SSSR count). The van der Waals surface area contributed by atoms with Gasteiger partial charge in [0.15, 0.2) is 0 Å². The highest BCUT2D eigenvalue weighted by molar-refractivity contribution is 6.30. The summed E-state index contributed by atoms with van der Waals surface area (Å²) in [7, 11) is 0. The Morgan fingerprint density at radius 2 is 1.04 bits per heavy atom. The number of hydrogen-bond acceptors (Lipinski definition) is 3. The minimum Gasteiger partial charge on any atom is -0.478 e. The van der Waals surface area contributed by atoms with Crippen LogP contribution in [0.4, 0.5) is 0 Å². The third-order valence-electron chi connectivity index (χ3n) is 14.1. The minimum absolute atomic E-state index is 0.151. The van der Waals surface area contributed by atoms with E-state index in [1.807, 2.05) is 12.1 Å². The molecule has 3 aliphatic rings. The Kier molecular flexibility index (Phi) is 10.2. The van der Waals surface area contributed by atoms with E-state index in [9.17, 15) is 9.90 Å². The average Bonchev–Trinajstić information content (AvgIpc) is 4.18. The lowest BCUT2D eigenvalue weighted by Crippen LogP contribution is -2.29. The van der Waals surface area contributed by atoms with E-state index in [-0.39, 0.29) is 22.4 Å². The second-order valence-corrected chi connectivity index (χ2v) is 21.1. The summed E-state index contributed by atoms with van der Waals surface area (Å²) >= 11 is 0. The van der Waals surface area contributed by atoms with Crippen LogP contribution in [0.2, 0.25) is 0 Å². The van der Waals surface area contributed by atoms with Crippen LogP contribution in [0, 0.1) is 0 Å². The van der Waals surface area contributed by atoms with Crippen molar-refractivity contribution in [3.63, 3.8) is 0 Å². The van der Waals surface area contributed by atoms with E-state index in [2.05, 4.69) is 216 Å². The molecule has 0 spiro atoms. The Bertz CT molecular complexity index is 3700. The SMILES string of the molecule is CC(C)(C)c1cc(C(=O)O)c2c(c1)C(C)(C)c1cc(C(C)(C)C)cc(/C3=c4\cc/c([nH]4)=C(\c4ccccc4)c4ccc([nH]4)/C(c4ccccc4)=c4/cc/c([nH]4)=C(\c4ccccc4)C4C=CC3=N4)c1O2. The number of ether oxygens (including phenoxy) is 1. The zero-order valence-corrected chi connectivity index (χ0v) is 40.4. The third kappa shape index (κ3) is 7.53. The fourth-order valence-corrected chi connectivity index (χ4v) is 10.3. The van der Waals surface area contributed by atoms with Crippen LogP contribution in [0.3, 0.4) is 0 Å². The maximum Gasteiger partial charge on any atom is 0.339 e. The van der Waals surface area contributed by atoms with Crippen LogP contribution >= 0.6 is 0 Å². The summed E-state index contributed by atoms with van der Waals surface area (Å²) < 4.78 is 7.17. The Hall–Kier alpha value is -7.90. The van der Waals surface area contributed by atoms with Gasteiger partial charge in [0.1, 0.15) is 17.1 Å². The van der Waals surface area contributed by atoms with Gasteiger partial charge in [0, 0.05) is 77.2 Å². The van der Waals surface area contributed by atoms with E-state index >= 15 is 0 Å². The first kappa shape index (κ1) is 43.7. The fraction of sp³-hybridized carbons (Fsp3) is 0.194. The number of rotatable bonds is 5. The number of carboxylic acids is 1. The number of aromatic nitrogens is 3. The van der Waals surface area contributed by atoms with Crippen LogP contribution in [-0.4, -0.2) is 37.8 Å². The summed E-state index contributed by atoms with van der Waals surface area (Å²) in [6.45, 7) is 17.5. The van der Waals surface area contributed by atoms with Crippen molar-refractivity contribution < 1.29 is 14.6 Å².